The smallest absolute Gasteiger partial charge is 0.261 e. The van der Waals surface area contributed by atoms with Gasteiger partial charge in [-0.3, -0.25) is 4.79 Å². The summed E-state index contributed by atoms with van der Waals surface area (Å²) in [5.41, 5.74) is 2.03. The lowest BCUT2D eigenvalue weighted by Gasteiger charge is -2.19. The summed E-state index contributed by atoms with van der Waals surface area (Å²) in [4.78, 5) is 14.2. The van der Waals surface area contributed by atoms with Crippen LogP contribution in [0.5, 0.6) is 11.5 Å². The maximum atomic E-state index is 12.8. The standard InChI is InChI=1S/C18H18N2O4/c1-10(2)13-7-14(16(22)8-15(13)21)18(23)20(3)12-4-5-17-11(6-12)9-19-24-17/h4-10,21-22H,1-3H3. The van der Waals surface area contributed by atoms with Gasteiger partial charge in [0.2, 0.25) is 0 Å². The number of fused-ring (bicyclic) bond motifs is 1. The van der Waals surface area contributed by atoms with Gasteiger partial charge in [-0.15, -0.1) is 0 Å². The molecule has 1 amide bonds. The number of hydrogen-bond acceptors (Lipinski definition) is 5. The van der Waals surface area contributed by atoms with Crippen LogP contribution in [-0.2, 0) is 0 Å². The van der Waals surface area contributed by atoms with E-state index in [2.05, 4.69) is 5.16 Å². The largest absolute Gasteiger partial charge is 0.508 e. The van der Waals surface area contributed by atoms with Gasteiger partial charge >= 0.3 is 0 Å². The maximum Gasteiger partial charge on any atom is 0.261 e. The zero-order chi connectivity index (χ0) is 17.4. The highest BCUT2D eigenvalue weighted by molar-refractivity contribution is 6.08. The molecule has 0 fully saturated rings. The molecule has 0 aliphatic rings. The molecular weight excluding hydrogens is 308 g/mol. The van der Waals surface area contributed by atoms with Crippen molar-refractivity contribution in [2.75, 3.05) is 11.9 Å². The first-order valence-electron chi connectivity index (χ1n) is 7.57. The number of rotatable bonds is 3. The Balaban J connectivity index is 1.99. The molecule has 0 saturated heterocycles. The zero-order valence-corrected chi connectivity index (χ0v) is 13.6. The SMILES string of the molecule is CC(C)c1cc(C(=O)N(C)c2ccc3oncc3c2)c(O)cc1O. The molecule has 2 aromatic carbocycles. The Kier molecular flexibility index (Phi) is 3.89. The van der Waals surface area contributed by atoms with Crippen molar-refractivity contribution in [1.82, 2.24) is 5.16 Å². The van der Waals surface area contributed by atoms with Crippen molar-refractivity contribution in [3.63, 3.8) is 0 Å². The second-order valence-corrected chi connectivity index (χ2v) is 5.99. The molecular formula is C18H18N2O4. The molecule has 6 nitrogen and oxygen atoms in total. The molecule has 6 heteroatoms. The molecule has 124 valence electrons. The number of aromatic hydroxyl groups is 2. The Bertz CT molecular complexity index is 915. The topological polar surface area (TPSA) is 86.8 Å². The summed E-state index contributed by atoms with van der Waals surface area (Å²) in [6.45, 7) is 3.81. The number of hydrogen-bond donors (Lipinski definition) is 2. The Morgan fingerprint density at radius 2 is 1.92 bits per heavy atom. The molecule has 0 spiro atoms. The van der Waals surface area contributed by atoms with Crippen molar-refractivity contribution in [2.45, 2.75) is 19.8 Å². The van der Waals surface area contributed by atoms with E-state index in [9.17, 15) is 15.0 Å². The zero-order valence-electron chi connectivity index (χ0n) is 13.6. The average molecular weight is 326 g/mol. The Morgan fingerprint density at radius 3 is 2.62 bits per heavy atom. The molecule has 3 rings (SSSR count). The van der Waals surface area contributed by atoms with E-state index in [1.807, 2.05) is 13.8 Å². The molecule has 0 radical (unpaired) electrons. The van der Waals surface area contributed by atoms with Crippen LogP contribution in [0.4, 0.5) is 5.69 Å². The number of nitrogens with zero attached hydrogens (tertiary/aromatic N) is 2. The van der Waals surface area contributed by atoms with Crippen LogP contribution in [0.1, 0.15) is 35.7 Å². The molecule has 3 aromatic rings. The van der Waals surface area contributed by atoms with Crippen molar-refractivity contribution in [3.8, 4) is 11.5 Å². The van der Waals surface area contributed by atoms with Crippen molar-refractivity contribution in [2.24, 2.45) is 0 Å². The number of phenols is 2. The molecule has 0 unspecified atom stereocenters. The molecule has 0 saturated carbocycles. The van der Waals surface area contributed by atoms with E-state index in [1.165, 1.54) is 17.0 Å². The summed E-state index contributed by atoms with van der Waals surface area (Å²) in [6.07, 6.45) is 1.58. The van der Waals surface area contributed by atoms with Gasteiger partial charge < -0.3 is 19.6 Å². The number of carbonyl (C=O) groups excluding carboxylic acids is 1. The van der Waals surface area contributed by atoms with E-state index < -0.39 is 0 Å². The van der Waals surface area contributed by atoms with E-state index in [0.29, 0.717) is 16.8 Å². The predicted molar refractivity (Wildman–Crippen MR) is 90.6 cm³/mol. The maximum absolute atomic E-state index is 12.8. The molecule has 1 aromatic heterocycles. The van der Waals surface area contributed by atoms with Crippen molar-refractivity contribution in [3.05, 3.63) is 47.7 Å². The average Bonchev–Trinajstić information content (AvgIpc) is 3.00. The van der Waals surface area contributed by atoms with E-state index in [-0.39, 0.29) is 28.9 Å². The van der Waals surface area contributed by atoms with E-state index in [4.69, 9.17) is 4.52 Å². The minimum atomic E-state index is -0.370. The van der Waals surface area contributed by atoms with Gasteiger partial charge in [0.05, 0.1) is 11.8 Å². The van der Waals surface area contributed by atoms with Crippen molar-refractivity contribution in [1.29, 1.82) is 0 Å². The minimum Gasteiger partial charge on any atom is -0.508 e. The van der Waals surface area contributed by atoms with Crippen LogP contribution in [0.15, 0.2) is 41.1 Å². The number of carbonyl (C=O) groups is 1. The Hall–Kier alpha value is -3.02. The summed E-state index contributed by atoms with van der Waals surface area (Å²) in [5, 5.41) is 24.5. The second kappa shape index (κ2) is 5.88. The fourth-order valence-corrected chi connectivity index (χ4v) is 2.59. The summed E-state index contributed by atoms with van der Waals surface area (Å²) < 4.78 is 5.05. The van der Waals surface area contributed by atoms with Gasteiger partial charge in [0.1, 0.15) is 11.5 Å². The van der Waals surface area contributed by atoms with Crippen LogP contribution in [0.3, 0.4) is 0 Å². The van der Waals surface area contributed by atoms with Crippen LogP contribution in [0.2, 0.25) is 0 Å². The van der Waals surface area contributed by atoms with E-state index >= 15 is 0 Å². The molecule has 2 N–H and O–H groups in total. The highest BCUT2D eigenvalue weighted by Crippen LogP contribution is 2.33. The molecule has 1 heterocycles. The second-order valence-electron chi connectivity index (χ2n) is 5.99. The van der Waals surface area contributed by atoms with Gasteiger partial charge in [-0.1, -0.05) is 19.0 Å². The molecule has 0 bridgehead atoms. The van der Waals surface area contributed by atoms with Gasteiger partial charge in [-0.25, -0.2) is 0 Å². The normalized spacial score (nSPS) is 11.2. The van der Waals surface area contributed by atoms with Crippen molar-refractivity contribution >= 4 is 22.6 Å². The molecule has 24 heavy (non-hydrogen) atoms. The number of phenolic OH excluding ortho intramolecular Hbond substituents is 2. The summed E-state index contributed by atoms with van der Waals surface area (Å²) in [6, 6.07) is 8.00. The lowest BCUT2D eigenvalue weighted by Crippen LogP contribution is -2.26. The highest BCUT2D eigenvalue weighted by atomic mass is 16.5. The van der Waals surface area contributed by atoms with Crippen LogP contribution in [-0.4, -0.2) is 28.3 Å². The van der Waals surface area contributed by atoms with E-state index in [1.54, 1.807) is 31.4 Å². The number of benzene rings is 2. The van der Waals surface area contributed by atoms with Gasteiger partial charge in [0.25, 0.3) is 5.91 Å². The lowest BCUT2D eigenvalue weighted by atomic mass is 9.98. The summed E-state index contributed by atoms with van der Waals surface area (Å²) >= 11 is 0. The van der Waals surface area contributed by atoms with Crippen LogP contribution in [0, 0.1) is 0 Å². The quantitative estimate of drug-likeness (QED) is 0.767. The molecule has 0 aliphatic heterocycles. The van der Waals surface area contributed by atoms with Crippen LogP contribution < -0.4 is 4.90 Å². The Labute approximate surface area is 138 Å². The third kappa shape index (κ3) is 2.67. The third-order valence-electron chi connectivity index (χ3n) is 4.03. The molecule has 0 atom stereocenters. The number of anilines is 1. The van der Waals surface area contributed by atoms with Crippen LogP contribution in [0.25, 0.3) is 11.0 Å². The van der Waals surface area contributed by atoms with Crippen molar-refractivity contribution < 1.29 is 19.5 Å². The summed E-state index contributed by atoms with van der Waals surface area (Å²) in [7, 11) is 1.62. The number of aromatic nitrogens is 1. The number of amides is 1. The summed E-state index contributed by atoms with van der Waals surface area (Å²) in [5.74, 6) is -0.617. The molecule has 0 aliphatic carbocycles. The minimum absolute atomic E-state index is 0.0207. The fraction of sp³-hybridized carbons (Fsp3) is 0.222. The lowest BCUT2D eigenvalue weighted by molar-refractivity contribution is 0.0990. The fourth-order valence-electron chi connectivity index (χ4n) is 2.59. The first-order chi connectivity index (χ1) is 11.4. The first kappa shape index (κ1) is 15.9. The predicted octanol–water partition coefficient (Wildman–Crippen LogP) is 3.64. The van der Waals surface area contributed by atoms with Gasteiger partial charge in [-0.2, -0.15) is 0 Å². The van der Waals surface area contributed by atoms with Gasteiger partial charge in [0, 0.05) is 24.2 Å². The highest BCUT2D eigenvalue weighted by Gasteiger charge is 2.21. The Morgan fingerprint density at radius 1 is 1.17 bits per heavy atom. The van der Waals surface area contributed by atoms with Crippen LogP contribution >= 0.6 is 0 Å². The van der Waals surface area contributed by atoms with Gasteiger partial charge in [-0.05, 0) is 35.7 Å². The van der Waals surface area contributed by atoms with Gasteiger partial charge in [0.15, 0.2) is 5.58 Å². The first-order valence-corrected chi connectivity index (χ1v) is 7.57. The van der Waals surface area contributed by atoms with E-state index in [0.717, 1.165) is 5.39 Å². The monoisotopic (exact) mass is 326 g/mol. The third-order valence-corrected chi connectivity index (χ3v) is 4.03.